The van der Waals surface area contributed by atoms with Crippen LogP contribution in [0, 0.1) is 0 Å². The van der Waals surface area contributed by atoms with Crippen molar-refractivity contribution in [3.63, 3.8) is 0 Å². The molecule has 25 heavy (non-hydrogen) atoms. The zero-order valence-corrected chi connectivity index (χ0v) is 14.3. The Kier molecular flexibility index (Phi) is 4.62. The predicted octanol–water partition coefficient (Wildman–Crippen LogP) is 2.31. The Bertz CT molecular complexity index is 981. The van der Waals surface area contributed by atoms with Crippen molar-refractivity contribution in [1.29, 1.82) is 0 Å². The summed E-state index contributed by atoms with van der Waals surface area (Å²) in [6.07, 6.45) is 3.00. The molecular formula is C17H16N4O3S. The average Bonchev–Trinajstić information content (AvgIpc) is 3.17. The van der Waals surface area contributed by atoms with Crippen molar-refractivity contribution in [1.82, 2.24) is 14.8 Å². The number of anilines is 1. The van der Waals surface area contributed by atoms with Crippen LogP contribution in [0.4, 0.5) is 5.69 Å². The van der Waals surface area contributed by atoms with Crippen molar-refractivity contribution in [3.05, 3.63) is 66.7 Å². The minimum absolute atomic E-state index is 0.0363. The van der Waals surface area contributed by atoms with Gasteiger partial charge in [-0.1, -0.05) is 19.1 Å². The standard InChI is InChI=1S/C17H16N4O3S/c1-2-25(23,24)16-6-4-3-5-15(16)17(22)20-13-7-9-14(10-8-13)21-12-18-11-19-21/h3-12H,2H2,1H3,(H,20,22). The zero-order valence-electron chi connectivity index (χ0n) is 13.5. The molecule has 0 aliphatic heterocycles. The molecule has 7 nitrogen and oxygen atoms in total. The largest absolute Gasteiger partial charge is 0.322 e. The molecule has 128 valence electrons. The van der Waals surface area contributed by atoms with Crippen LogP contribution < -0.4 is 5.32 Å². The summed E-state index contributed by atoms with van der Waals surface area (Å²) in [4.78, 5) is 16.4. The summed E-state index contributed by atoms with van der Waals surface area (Å²) >= 11 is 0. The highest BCUT2D eigenvalue weighted by Crippen LogP contribution is 2.19. The van der Waals surface area contributed by atoms with E-state index in [2.05, 4.69) is 15.4 Å². The molecule has 1 heterocycles. The van der Waals surface area contributed by atoms with Gasteiger partial charge in [-0.15, -0.1) is 0 Å². The summed E-state index contributed by atoms with van der Waals surface area (Å²) in [5.41, 5.74) is 1.48. The summed E-state index contributed by atoms with van der Waals surface area (Å²) in [6, 6.07) is 13.2. The average molecular weight is 356 g/mol. The third-order valence-corrected chi connectivity index (χ3v) is 5.44. The lowest BCUT2D eigenvalue weighted by Crippen LogP contribution is -2.17. The van der Waals surface area contributed by atoms with Crippen LogP contribution in [-0.2, 0) is 9.84 Å². The molecule has 3 rings (SSSR count). The molecule has 0 fully saturated rings. The smallest absolute Gasteiger partial charge is 0.256 e. The number of amides is 1. The van der Waals surface area contributed by atoms with E-state index in [1.165, 1.54) is 18.5 Å². The maximum Gasteiger partial charge on any atom is 0.256 e. The quantitative estimate of drug-likeness (QED) is 0.757. The number of hydrogen-bond donors (Lipinski definition) is 1. The van der Waals surface area contributed by atoms with E-state index in [0.717, 1.165) is 5.69 Å². The molecule has 3 aromatic rings. The Morgan fingerprint density at radius 2 is 1.84 bits per heavy atom. The van der Waals surface area contributed by atoms with Gasteiger partial charge in [0, 0.05) is 5.69 Å². The predicted molar refractivity (Wildman–Crippen MR) is 93.5 cm³/mol. The SMILES string of the molecule is CCS(=O)(=O)c1ccccc1C(=O)Nc1ccc(-n2cncn2)cc1. The van der Waals surface area contributed by atoms with Crippen molar-refractivity contribution < 1.29 is 13.2 Å². The van der Waals surface area contributed by atoms with Gasteiger partial charge in [0.1, 0.15) is 12.7 Å². The van der Waals surface area contributed by atoms with Gasteiger partial charge in [-0.2, -0.15) is 5.10 Å². The van der Waals surface area contributed by atoms with Crippen LogP contribution in [0.5, 0.6) is 0 Å². The number of nitrogens with zero attached hydrogens (tertiary/aromatic N) is 3. The lowest BCUT2D eigenvalue weighted by Gasteiger charge is -2.10. The van der Waals surface area contributed by atoms with Crippen molar-refractivity contribution >= 4 is 21.4 Å². The highest BCUT2D eigenvalue weighted by molar-refractivity contribution is 7.91. The number of carbonyl (C=O) groups is 1. The molecule has 1 amide bonds. The summed E-state index contributed by atoms with van der Waals surface area (Å²) in [5.74, 6) is -0.537. The van der Waals surface area contributed by atoms with Gasteiger partial charge in [0.25, 0.3) is 5.91 Å². The molecule has 0 aliphatic rings. The molecule has 0 spiro atoms. The van der Waals surface area contributed by atoms with E-state index in [9.17, 15) is 13.2 Å². The highest BCUT2D eigenvalue weighted by Gasteiger charge is 2.20. The Morgan fingerprint density at radius 1 is 1.12 bits per heavy atom. The van der Waals surface area contributed by atoms with Gasteiger partial charge in [-0.3, -0.25) is 4.79 Å². The third kappa shape index (κ3) is 3.58. The lowest BCUT2D eigenvalue weighted by atomic mass is 10.2. The summed E-state index contributed by atoms with van der Waals surface area (Å²) in [6.45, 7) is 1.55. The molecule has 0 aliphatic carbocycles. The van der Waals surface area contributed by atoms with E-state index in [0.29, 0.717) is 5.69 Å². The fourth-order valence-corrected chi connectivity index (χ4v) is 3.41. The van der Waals surface area contributed by atoms with Crippen LogP contribution in [0.2, 0.25) is 0 Å². The van der Waals surface area contributed by atoms with Gasteiger partial charge in [-0.05, 0) is 36.4 Å². The molecule has 8 heteroatoms. The number of carbonyl (C=O) groups excluding carboxylic acids is 1. The van der Waals surface area contributed by atoms with E-state index < -0.39 is 15.7 Å². The third-order valence-electron chi connectivity index (χ3n) is 3.66. The number of aromatic nitrogens is 3. The molecule has 1 N–H and O–H groups in total. The first-order valence-corrected chi connectivity index (χ1v) is 9.24. The minimum atomic E-state index is -3.48. The maximum atomic E-state index is 12.5. The van der Waals surface area contributed by atoms with Crippen LogP contribution >= 0.6 is 0 Å². The van der Waals surface area contributed by atoms with Gasteiger partial charge < -0.3 is 5.32 Å². The second kappa shape index (κ2) is 6.86. The first-order valence-electron chi connectivity index (χ1n) is 7.59. The van der Waals surface area contributed by atoms with Crippen molar-refractivity contribution in [3.8, 4) is 5.69 Å². The van der Waals surface area contributed by atoms with Gasteiger partial charge >= 0.3 is 0 Å². The summed E-state index contributed by atoms with van der Waals surface area (Å²) in [5, 5.41) is 6.74. The second-order valence-corrected chi connectivity index (χ2v) is 7.49. The van der Waals surface area contributed by atoms with Crippen LogP contribution in [0.15, 0.2) is 66.1 Å². The van der Waals surface area contributed by atoms with Crippen molar-refractivity contribution in [2.75, 3.05) is 11.1 Å². The number of benzene rings is 2. The number of rotatable bonds is 5. The topological polar surface area (TPSA) is 94.0 Å². The molecule has 0 saturated heterocycles. The van der Waals surface area contributed by atoms with Crippen LogP contribution in [0.3, 0.4) is 0 Å². The van der Waals surface area contributed by atoms with E-state index in [1.54, 1.807) is 54.3 Å². The minimum Gasteiger partial charge on any atom is -0.322 e. The molecule has 0 radical (unpaired) electrons. The van der Waals surface area contributed by atoms with Gasteiger partial charge in [0.15, 0.2) is 9.84 Å². The molecule has 0 bridgehead atoms. The number of hydrogen-bond acceptors (Lipinski definition) is 5. The van der Waals surface area contributed by atoms with E-state index >= 15 is 0 Å². The summed E-state index contributed by atoms with van der Waals surface area (Å²) in [7, 11) is -3.48. The van der Waals surface area contributed by atoms with E-state index in [1.807, 2.05) is 0 Å². The Morgan fingerprint density at radius 3 is 2.48 bits per heavy atom. The molecule has 2 aromatic carbocycles. The van der Waals surface area contributed by atoms with Gasteiger partial charge in [-0.25, -0.2) is 18.1 Å². The Hall–Kier alpha value is -3.00. The normalized spacial score (nSPS) is 11.2. The molecule has 1 aromatic heterocycles. The Balaban J connectivity index is 1.84. The fraction of sp³-hybridized carbons (Fsp3) is 0.118. The fourth-order valence-electron chi connectivity index (χ4n) is 2.32. The van der Waals surface area contributed by atoms with Crippen LogP contribution in [0.1, 0.15) is 17.3 Å². The number of sulfone groups is 1. The van der Waals surface area contributed by atoms with E-state index in [-0.39, 0.29) is 16.2 Å². The molecular weight excluding hydrogens is 340 g/mol. The first-order chi connectivity index (χ1) is 12.0. The Labute approximate surface area is 145 Å². The first kappa shape index (κ1) is 16.8. The van der Waals surface area contributed by atoms with Crippen molar-refractivity contribution in [2.45, 2.75) is 11.8 Å². The van der Waals surface area contributed by atoms with Crippen molar-refractivity contribution in [2.24, 2.45) is 0 Å². The molecule has 0 saturated carbocycles. The number of nitrogens with one attached hydrogen (secondary N) is 1. The second-order valence-electron chi connectivity index (χ2n) is 5.24. The highest BCUT2D eigenvalue weighted by atomic mass is 32.2. The lowest BCUT2D eigenvalue weighted by molar-refractivity contribution is 0.102. The monoisotopic (exact) mass is 356 g/mol. The summed E-state index contributed by atoms with van der Waals surface area (Å²) < 4.78 is 25.9. The van der Waals surface area contributed by atoms with Gasteiger partial charge in [0.2, 0.25) is 0 Å². The zero-order chi connectivity index (χ0) is 17.9. The molecule has 0 atom stereocenters. The van der Waals surface area contributed by atoms with Crippen LogP contribution in [-0.4, -0.2) is 34.8 Å². The van der Waals surface area contributed by atoms with Gasteiger partial charge in [0.05, 0.1) is 21.9 Å². The molecule has 0 unspecified atom stereocenters. The maximum absolute atomic E-state index is 12.5. The van der Waals surface area contributed by atoms with Crippen LogP contribution in [0.25, 0.3) is 5.69 Å². The van der Waals surface area contributed by atoms with E-state index in [4.69, 9.17) is 0 Å².